The predicted octanol–water partition coefficient (Wildman–Crippen LogP) is 2.32. The van der Waals surface area contributed by atoms with Crippen molar-refractivity contribution in [3.05, 3.63) is 17.2 Å². The van der Waals surface area contributed by atoms with E-state index >= 15 is 0 Å². The highest BCUT2D eigenvalue weighted by Gasteiger charge is 2.22. The minimum Gasteiger partial charge on any atom is -0.378 e. The van der Waals surface area contributed by atoms with Crippen LogP contribution in [0.15, 0.2) is 0 Å². The van der Waals surface area contributed by atoms with Gasteiger partial charge in [-0.3, -0.25) is 0 Å². The predicted molar refractivity (Wildman–Crippen MR) is 68.3 cm³/mol. The second-order valence-corrected chi connectivity index (χ2v) is 5.31. The quantitative estimate of drug-likeness (QED) is 0.848. The molecule has 0 bridgehead atoms. The molecule has 4 nitrogen and oxygen atoms in total. The highest BCUT2D eigenvalue weighted by molar-refractivity contribution is 5.22. The molecule has 1 saturated heterocycles. The summed E-state index contributed by atoms with van der Waals surface area (Å²) in [5.74, 6) is 1.97. The van der Waals surface area contributed by atoms with E-state index in [1.54, 1.807) is 0 Å². The Hall–Kier alpha value is -0.870. The first-order valence-corrected chi connectivity index (χ1v) is 6.50. The first-order chi connectivity index (χ1) is 8.09. The fourth-order valence-electron chi connectivity index (χ4n) is 2.21. The number of nitrogens with zero attached hydrogens (tertiary/aromatic N) is 1. The van der Waals surface area contributed by atoms with E-state index in [1.807, 2.05) is 0 Å². The summed E-state index contributed by atoms with van der Waals surface area (Å²) in [6.45, 7) is 11.2. The third kappa shape index (κ3) is 2.69. The smallest absolute Gasteiger partial charge is 0.126 e. The molecule has 0 spiro atoms. The summed E-state index contributed by atoms with van der Waals surface area (Å²) in [4.78, 5) is 8.24. The first-order valence-electron chi connectivity index (χ1n) is 6.50. The molecule has 1 aromatic heterocycles. The van der Waals surface area contributed by atoms with E-state index in [-0.39, 0.29) is 6.04 Å². The monoisotopic (exact) mass is 237 g/mol. The number of rotatable bonds is 3. The van der Waals surface area contributed by atoms with E-state index in [0.29, 0.717) is 18.4 Å². The van der Waals surface area contributed by atoms with Gasteiger partial charge in [0.15, 0.2) is 0 Å². The van der Waals surface area contributed by atoms with Gasteiger partial charge in [0.2, 0.25) is 0 Å². The lowest BCUT2D eigenvalue weighted by Gasteiger charge is -2.21. The first kappa shape index (κ1) is 12.6. The minimum absolute atomic E-state index is 0.216. The summed E-state index contributed by atoms with van der Waals surface area (Å²) in [6, 6.07) is 0.216. The Morgan fingerprint density at radius 2 is 2.00 bits per heavy atom. The number of hydrogen-bond donors (Lipinski definition) is 2. The molecule has 2 heterocycles. The van der Waals surface area contributed by atoms with Gasteiger partial charge in [0, 0.05) is 12.2 Å². The molecule has 0 aliphatic carbocycles. The van der Waals surface area contributed by atoms with Crippen LogP contribution in [0.25, 0.3) is 0 Å². The Morgan fingerprint density at radius 1 is 1.24 bits per heavy atom. The van der Waals surface area contributed by atoms with Crippen molar-refractivity contribution in [2.24, 2.45) is 0 Å². The number of aromatic nitrogens is 2. The van der Waals surface area contributed by atoms with E-state index < -0.39 is 0 Å². The van der Waals surface area contributed by atoms with Gasteiger partial charge in [-0.15, -0.1) is 0 Å². The molecule has 1 aliphatic rings. The second-order valence-electron chi connectivity index (χ2n) is 5.31. The molecule has 1 aromatic rings. The number of ether oxygens (including phenoxy) is 1. The van der Waals surface area contributed by atoms with E-state index in [1.165, 1.54) is 11.4 Å². The summed E-state index contributed by atoms with van der Waals surface area (Å²) in [6.07, 6.45) is 0. The SMILES string of the molecule is CC(C)c1nc(C2COCCN2)[nH]c1C(C)C. The van der Waals surface area contributed by atoms with Crippen molar-refractivity contribution < 1.29 is 4.74 Å². The Labute approximate surface area is 103 Å². The Morgan fingerprint density at radius 3 is 2.47 bits per heavy atom. The van der Waals surface area contributed by atoms with Gasteiger partial charge in [0.1, 0.15) is 5.82 Å². The Kier molecular flexibility index (Phi) is 3.84. The van der Waals surface area contributed by atoms with Crippen molar-refractivity contribution in [1.29, 1.82) is 0 Å². The summed E-state index contributed by atoms with van der Waals surface area (Å²) in [7, 11) is 0. The molecule has 0 saturated carbocycles. The zero-order valence-electron chi connectivity index (χ0n) is 11.2. The van der Waals surface area contributed by atoms with Crippen LogP contribution in [-0.4, -0.2) is 29.7 Å². The normalized spacial score (nSPS) is 21.4. The van der Waals surface area contributed by atoms with Gasteiger partial charge in [-0.2, -0.15) is 0 Å². The lowest BCUT2D eigenvalue weighted by Crippen LogP contribution is -2.35. The lowest BCUT2D eigenvalue weighted by atomic mass is 10.0. The molecule has 1 aliphatic heterocycles. The Balaban J connectivity index is 2.26. The van der Waals surface area contributed by atoms with Crippen molar-refractivity contribution in [3.63, 3.8) is 0 Å². The van der Waals surface area contributed by atoms with Crippen LogP contribution in [0.2, 0.25) is 0 Å². The van der Waals surface area contributed by atoms with Gasteiger partial charge < -0.3 is 15.0 Å². The van der Waals surface area contributed by atoms with Crippen LogP contribution in [0.5, 0.6) is 0 Å². The molecule has 0 aromatic carbocycles. The van der Waals surface area contributed by atoms with Crippen LogP contribution in [-0.2, 0) is 4.74 Å². The average Bonchev–Trinajstić information content (AvgIpc) is 2.75. The standard InChI is InChI=1S/C13H23N3O/c1-8(2)11-12(9(3)4)16-13(15-11)10-7-17-6-5-14-10/h8-10,14H,5-7H2,1-4H3,(H,15,16). The molecule has 0 amide bonds. The van der Waals surface area contributed by atoms with Gasteiger partial charge >= 0.3 is 0 Å². The van der Waals surface area contributed by atoms with E-state index in [0.717, 1.165) is 19.0 Å². The van der Waals surface area contributed by atoms with E-state index in [4.69, 9.17) is 9.72 Å². The van der Waals surface area contributed by atoms with Crippen LogP contribution >= 0.6 is 0 Å². The molecular formula is C13H23N3O. The van der Waals surface area contributed by atoms with Gasteiger partial charge in [-0.1, -0.05) is 27.7 Å². The van der Waals surface area contributed by atoms with Gasteiger partial charge in [-0.25, -0.2) is 4.98 Å². The van der Waals surface area contributed by atoms with Crippen molar-refractivity contribution in [3.8, 4) is 0 Å². The molecule has 0 radical (unpaired) electrons. The maximum absolute atomic E-state index is 5.48. The Bertz CT molecular complexity index is 339. The third-order valence-corrected chi connectivity index (χ3v) is 3.16. The van der Waals surface area contributed by atoms with Crippen molar-refractivity contribution in [1.82, 2.24) is 15.3 Å². The van der Waals surface area contributed by atoms with Gasteiger partial charge in [0.05, 0.1) is 24.9 Å². The van der Waals surface area contributed by atoms with Crippen molar-refractivity contribution in [2.45, 2.75) is 45.6 Å². The molecule has 17 heavy (non-hydrogen) atoms. The van der Waals surface area contributed by atoms with Crippen molar-refractivity contribution >= 4 is 0 Å². The highest BCUT2D eigenvalue weighted by Crippen LogP contribution is 2.26. The number of aromatic amines is 1. The number of imidazole rings is 1. The van der Waals surface area contributed by atoms with E-state index in [9.17, 15) is 0 Å². The van der Waals surface area contributed by atoms with Crippen LogP contribution in [0.1, 0.15) is 62.8 Å². The van der Waals surface area contributed by atoms with Crippen LogP contribution in [0.4, 0.5) is 0 Å². The molecule has 4 heteroatoms. The minimum atomic E-state index is 0.216. The van der Waals surface area contributed by atoms with Gasteiger partial charge in [-0.05, 0) is 11.8 Å². The summed E-state index contributed by atoms with van der Waals surface area (Å²) >= 11 is 0. The fraction of sp³-hybridized carbons (Fsp3) is 0.769. The molecule has 1 atom stereocenters. The largest absolute Gasteiger partial charge is 0.378 e. The summed E-state index contributed by atoms with van der Waals surface area (Å²) in [5, 5.41) is 3.44. The number of H-pyrrole nitrogens is 1. The van der Waals surface area contributed by atoms with Crippen LogP contribution < -0.4 is 5.32 Å². The molecule has 1 unspecified atom stereocenters. The maximum Gasteiger partial charge on any atom is 0.126 e. The van der Waals surface area contributed by atoms with E-state index in [2.05, 4.69) is 38.0 Å². The summed E-state index contributed by atoms with van der Waals surface area (Å²) in [5.41, 5.74) is 2.46. The zero-order chi connectivity index (χ0) is 12.4. The topological polar surface area (TPSA) is 49.9 Å². The molecule has 2 rings (SSSR count). The van der Waals surface area contributed by atoms with Crippen LogP contribution in [0, 0.1) is 0 Å². The van der Waals surface area contributed by atoms with Crippen LogP contribution in [0.3, 0.4) is 0 Å². The number of hydrogen-bond acceptors (Lipinski definition) is 3. The summed E-state index contributed by atoms with van der Waals surface area (Å²) < 4.78 is 5.48. The molecule has 96 valence electrons. The second kappa shape index (κ2) is 5.19. The lowest BCUT2D eigenvalue weighted by molar-refractivity contribution is 0.0744. The zero-order valence-corrected chi connectivity index (χ0v) is 11.2. The van der Waals surface area contributed by atoms with Crippen molar-refractivity contribution in [2.75, 3.05) is 19.8 Å². The maximum atomic E-state index is 5.48. The third-order valence-electron chi connectivity index (χ3n) is 3.16. The highest BCUT2D eigenvalue weighted by atomic mass is 16.5. The van der Waals surface area contributed by atoms with Gasteiger partial charge in [0.25, 0.3) is 0 Å². The average molecular weight is 237 g/mol. The molecule has 2 N–H and O–H groups in total. The number of nitrogens with one attached hydrogen (secondary N) is 2. The molecular weight excluding hydrogens is 214 g/mol. The number of morpholine rings is 1. The fourth-order valence-corrected chi connectivity index (χ4v) is 2.21. The molecule has 1 fully saturated rings.